The maximum Gasteiger partial charge on any atom is 0.0828 e. The van der Waals surface area contributed by atoms with Crippen molar-refractivity contribution >= 4 is 16.6 Å². The van der Waals surface area contributed by atoms with E-state index in [1.165, 1.54) is 5.56 Å². The summed E-state index contributed by atoms with van der Waals surface area (Å²) in [7, 11) is 0. The fraction of sp³-hybridized carbons (Fsp3) is 0.250. The van der Waals surface area contributed by atoms with Gasteiger partial charge in [0.2, 0.25) is 0 Å². The number of aryl methyl sites for hydroxylation is 1. The fourth-order valence-corrected chi connectivity index (χ4v) is 3.41. The summed E-state index contributed by atoms with van der Waals surface area (Å²) in [6.45, 7) is 0.744. The molecule has 23 heavy (non-hydrogen) atoms. The van der Waals surface area contributed by atoms with Crippen LogP contribution in [-0.2, 0) is 13.0 Å². The highest BCUT2D eigenvalue weighted by Crippen LogP contribution is 2.38. The normalized spacial score (nSPS) is 17.0. The Morgan fingerprint density at radius 2 is 1.83 bits per heavy atom. The van der Waals surface area contributed by atoms with Crippen molar-refractivity contribution in [3.8, 4) is 0 Å². The lowest BCUT2D eigenvalue weighted by Gasteiger charge is -2.25. The van der Waals surface area contributed by atoms with Gasteiger partial charge >= 0.3 is 0 Å². The fourth-order valence-electron chi connectivity index (χ4n) is 3.41. The molecule has 3 aromatic rings. The van der Waals surface area contributed by atoms with Crippen LogP contribution in [0.1, 0.15) is 35.8 Å². The van der Waals surface area contributed by atoms with E-state index in [1.807, 2.05) is 36.4 Å². The van der Waals surface area contributed by atoms with Crippen molar-refractivity contribution < 1.29 is 5.11 Å². The summed E-state index contributed by atoms with van der Waals surface area (Å²) in [6, 6.07) is 18.5. The minimum absolute atomic E-state index is 0.422. The van der Waals surface area contributed by atoms with E-state index in [1.54, 1.807) is 0 Å². The molecular formula is C20H20N2O. The van der Waals surface area contributed by atoms with E-state index >= 15 is 0 Å². The maximum atomic E-state index is 10.5. The summed E-state index contributed by atoms with van der Waals surface area (Å²) in [6.07, 6.45) is 2.33. The predicted octanol–water partition coefficient (Wildman–Crippen LogP) is 4.22. The first-order valence-corrected chi connectivity index (χ1v) is 8.20. The van der Waals surface area contributed by atoms with Crippen LogP contribution < -0.4 is 5.32 Å². The number of aromatic nitrogens is 1. The second kappa shape index (κ2) is 6.01. The molecule has 2 N–H and O–H groups in total. The topological polar surface area (TPSA) is 45.2 Å². The van der Waals surface area contributed by atoms with Crippen LogP contribution in [0, 0.1) is 0 Å². The van der Waals surface area contributed by atoms with Gasteiger partial charge in [-0.3, -0.25) is 4.98 Å². The molecule has 4 rings (SSSR count). The molecule has 1 aliphatic carbocycles. The number of rotatable bonds is 3. The van der Waals surface area contributed by atoms with Crippen LogP contribution in [0.2, 0.25) is 0 Å². The van der Waals surface area contributed by atoms with Gasteiger partial charge in [0.05, 0.1) is 17.3 Å². The molecule has 3 heteroatoms. The molecule has 0 spiro atoms. The SMILES string of the molecule is OC1CCCc2nc3ccccc3c(NCc3ccccc3)c21. The Balaban J connectivity index is 1.81. The Morgan fingerprint density at radius 1 is 1.04 bits per heavy atom. The average Bonchev–Trinajstić information content (AvgIpc) is 2.60. The summed E-state index contributed by atoms with van der Waals surface area (Å²) < 4.78 is 0. The molecule has 1 heterocycles. The Bertz CT molecular complexity index is 830. The number of anilines is 1. The molecule has 0 saturated heterocycles. The van der Waals surface area contributed by atoms with Gasteiger partial charge in [-0.2, -0.15) is 0 Å². The van der Waals surface area contributed by atoms with Gasteiger partial charge in [-0.25, -0.2) is 0 Å². The van der Waals surface area contributed by atoms with E-state index in [9.17, 15) is 5.11 Å². The van der Waals surface area contributed by atoms with E-state index in [-0.39, 0.29) is 0 Å². The van der Waals surface area contributed by atoms with Crippen molar-refractivity contribution in [3.63, 3.8) is 0 Å². The van der Waals surface area contributed by atoms with Crippen LogP contribution in [0.5, 0.6) is 0 Å². The Labute approximate surface area is 136 Å². The minimum atomic E-state index is -0.422. The number of aliphatic hydroxyl groups is 1. The molecule has 116 valence electrons. The number of para-hydroxylation sites is 1. The minimum Gasteiger partial charge on any atom is -0.388 e. The molecule has 1 atom stereocenters. The third-order valence-corrected chi connectivity index (χ3v) is 4.55. The zero-order valence-corrected chi connectivity index (χ0v) is 13.0. The van der Waals surface area contributed by atoms with Gasteiger partial charge in [0.25, 0.3) is 0 Å². The maximum absolute atomic E-state index is 10.5. The van der Waals surface area contributed by atoms with Gasteiger partial charge in [-0.1, -0.05) is 48.5 Å². The van der Waals surface area contributed by atoms with Crippen LogP contribution in [0.25, 0.3) is 10.9 Å². The molecule has 0 fully saturated rings. The van der Waals surface area contributed by atoms with Crippen molar-refractivity contribution in [2.75, 3.05) is 5.32 Å². The average molecular weight is 304 g/mol. The van der Waals surface area contributed by atoms with Crippen molar-refractivity contribution in [2.24, 2.45) is 0 Å². The number of pyridine rings is 1. The van der Waals surface area contributed by atoms with E-state index in [0.717, 1.165) is 53.7 Å². The lowest BCUT2D eigenvalue weighted by Crippen LogP contribution is -2.15. The first kappa shape index (κ1) is 14.2. The van der Waals surface area contributed by atoms with Crippen LogP contribution in [0.15, 0.2) is 54.6 Å². The molecule has 0 aliphatic heterocycles. The first-order valence-electron chi connectivity index (χ1n) is 8.20. The molecule has 0 amide bonds. The third-order valence-electron chi connectivity index (χ3n) is 4.55. The lowest BCUT2D eigenvalue weighted by atomic mass is 9.90. The van der Waals surface area contributed by atoms with Crippen LogP contribution in [0.3, 0.4) is 0 Å². The van der Waals surface area contributed by atoms with Gasteiger partial charge in [0, 0.05) is 23.2 Å². The van der Waals surface area contributed by atoms with Gasteiger partial charge in [-0.05, 0) is 30.9 Å². The number of hydrogen-bond acceptors (Lipinski definition) is 3. The molecule has 2 aromatic carbocycles. The second-order valence-electron chi connectivity index (χ2n) is 6.11. The number of aliphatic hydroxyl groups excluding tert-OH is 1. The van der Waals surface area contributed by atoms with Crippen LogP contribution in [0.4, 0.5) is 5.69 Å². The molecular weight excluding hydrogens is 284 g/mol. The predicted molar refractivity (Wildman–Crippen MR) is 93.4 cm³/mol. The highest BCUT2D eigenvalue weighted by molar-refractivity contribution is 5.93. The summed E-state index contributed by atoms with van der Waals surface area (Å²) >= 11 is 0. The molecule has 0 bridgehead atoms. The highest BCUT2D eigenvalue weighted by atomic mass is 16.3. The van der Waals surface area contributed by atoms with Gasteiger partial charge in [0.15, 0.2) is 0 Å². The number of nitrogens with one attached hydrogen (secondary N) is 1. The van der Waals surface area contributed by atoms with Crippen LogP contribution in [-0.4, -0.2) is 10.1 Å². The second-order valence-corrected chi connectivity index (χ2v) is 6.11. The quantitative estimate of drug-likeness (QED) is 0.761. The summed E-state index contributed by atoms with van der Waals surface area (Å²) in [5.41, 5.74) is 5.30. The largest absolute Gasteiger partial charge is 0.388 e. The zero-order valence-electron chi connectivity index (χ0n) is 13.0. The summed E-state index contributed by atoms with van der Waals surface area (Å²) in [4.78, 5) is 4.78. The van der Waals surface area contributed by atoms with Crippen molar-refractivity contribution in [3.05, 3.63) is 71.4 Å². The van der Waals surface area contributed by atoms with Crippen molar-refractivity contribution in [1.82, 2.24) is 4.98 Å². The van der Waals surface area contributed by atoms with Crippen molar-refractivity contribution in [1.29, 1.82) is 0 Å². The van der Waals surface area contributed by atoms with E-state index in [2.05, 4.69) is 23.5 Å². The van der Waals surface area contributed by atoms with Crippen LogP contribution >= 0.6 is 0 Å². The number of benzene rings is 2. The first-order chi connectivity index (χ1) is 11.3. The monoisotopic (exact) mass is 304 g/mol. The zero-order chi connectivity index (χ0) is 15.6. The highest BCUT2D eigenvalue weighted by Gasteiger charge is 2.24. The molecule has 0 radical (unpaired) electrons. The van der Waals surface area contributed by atoms with E-state index < -0.39 is 6.10 Å². The molecule has 1 aliphatic rings. The smallest absolute Gasteiger partial charge is 0.0828 e. The lowest BCUT2D eigenvalue weighted by molar-refractivity contribution is 0.156. The Morgan fingerprint density at radius 3 is 2.70 bits per heavy atom. The number of hydrogen-bond donors (Lipinski definition) is 2. The number of fused-ring (bicyclic) bond motifs is 2. The van der Waals surface area contributed by atoms with Gasteiger partial charge in [0.1, 0.15) is 0 Å². The Kier molecular flexibility index (Phi) is 3.72. The standard InChI is InChI=1S/C20H20N2O/c23-18-12-6-11-17-19(18)20(15-9-4-5-10-16(15)22-17)21-13-14-7-2-1-3-8-14/h1-5,7-10,18,23H,6,11-13H2,(H,21,22). The Hall–Kier alpha value is -2.39. The molecule has 3 nitrogen and oxygen atoms in total. The van der Waals surface area contributed by atoms with E-state index in [0.29, 0.717) is 0 Å². The molecule has 1 aromatic heterocycles. The van der Waals surface area contributed by atoms with Gasteiger partial charge < -0.3 is 10.4 Å². The third kappa shape index (κ3) is 2.68. The summed E-state index contributed by atoms with van der Waals surface area (Å²) in [5.74, 6) is 0. The van der Waals surface area contributed by atoms with E-state index in [4.69, 9.17) is 4.98 Å². The molecule has 0 saturated carbocycles. The number of nitrogens with zero attached hydrogens (tertiary/aromatic N) is 1. The summed E-state index contributed by atoms with van der Waals surface area (Å²) in [5, 5.41) is 15.2. The van der Waals surface area contributed by atoms with Gasteiger partial charge in [-0.15, -0.1) is 0 Å². The molecule has 1 unspecified atom stereocenters. The van der Waals surface area contributed by atoms with Crippen molar-refractivity contribution in [2.45, 2.75) is 31.9 Å².